The second-order valence-corrected chi connectivity index (χ2v) is 3.59. The van der Waals surface area contributed by atoms with Gasteiger partial charge in [-0.15, -0.1) is 0 Å². The molecule has 0 saturated carbocycles. The number of imide groups is 1. The third-order valence-corrected chi connectivity index (χ3v) is 2.42. The summed E-state index contributed by atoms with van der Waals surface area (Å²) in [6.07, 6.45) is -0.814. The van der Waals surface area contributed by atoms with Gasteiger partial charge in [-0.3, -0.25) is 10.1 Å². The lowest BCUT2D eigenvalue weighted by molar-refractivity contribution is 0.0924. The van der Waals surface area contributed by atoms with Crippen molar-refractivity contribution in [2.45, 2.75) is 6.92 Å². The quantitative estimate of drug-likeness (QED) is 0.883. The molecule has 1 rings (SSSR count). The third kappa shape index (κ3) is 3.53. The van der Waals surface area contributed by atoms with E-state index in [1.54, 1.807) is 6.92 Å². The fraction of sp³-hybridized carbons (Fsp3) is 0.385. The van der Waals surface area contributed by atoms with Gasteiger partial charge in [0.25, 0.3) is 5.91 Å². The minimum atomic E-state index is -0.814. The number of nitrogens with one attached hydrogen (secondary N) is 1. The van der Waals surface area contributed by atoms with Crippen LogP contribution in [0.5, 0.6) is 17.2 Å². The van der Waals surface area contributed by atoms with Crippen LogP contribution in [0.3, 0.4) is 0 Å². The molecule has 20 heavy (non-hydrogen) atoms. The summed E-state index contributed by atoms with van der Waals surface area (Å²) in [5.74, 6) is 0.382. The summed E-state index contributed by atoms with van der Waals surface area (Å²) in [5, 5.41) is 2.09. The predicted octanol–water partition coefficient (Wildman–Crippen LogP) is 1.60. The van der Waals surface area contributed by atoms with Crippen molar-refractivity contribution < 1.29 is 28.5 Å². The van der Waals surface area contributed by atoms with Crippen LogP contribution < -0.4 is 19.5 Å². The van der Waals surface area contributed by atoms with E-state index in [1.807, 2.05) is 0 Å². The van der Waals surface area contributed by atoms with Crippen molar-refractivity contribution in [3.05, 3.63) is 17.7 Å². The minimum absolute atomic E-state index is 0.175. The zero-order valence-electron chi connectivity index (χ0n) is 11.8. The van der Waals surface area contributed by atoms with E-state index < -0.39 is 12.0 Å². The van der Waals surface area contributed by atoms with Crippen molar-refractivity contribution in [3.63, 3.8) is 0 Å². The molecular formula is C13H17NO6. The number of benzene rings is 1. The largest absolute Gasteiger partial charge is 0.493 e. The number of rotatable bonds is 5. The van der Waals surface area contributed by atoms with Gasteiger partial charge in [-0.25, -0.2) is 4.79 Å². The molecule has 1 aromatic carbocycles. The van der Waals surface area contributed by atoms with E-state index in [0.29, 0.717) is 17.2 Å². The Bertz CT molecular complexity index is 475. The number of hydrogen-bond donors (Lipinski definition) is 1. The zero-order valence-corrected chi connectivity index (χ0v) is 11.8. The number of alkyl carbamates (subject to hydrolysis) is 1. The molecule has 2 amide bonds. The van der Waals surface area contributed by atoms with E-state index in [-0.39, 0.29) is 12.2 Å². The molecule has 7 heteroatoms. The Morgan fingerprint density at radius 1 is 1.05 bits per heavy atom. The standard InChI is InChI=1S/C13H17NO6/c1-5-20-13(16)14-12(15)8-6-9(17-2)11(19-4)10(7-8)18-3/h6-7H,5H2,1-4H3,(H,14,15,16). The van der Waals surface area contributed by atoms with Crippen LogP contribution in [0.4, 0.5) is 4.79 Å². The minimum Gasteiger partial charge on any atom is -0.493 e. The van der Waals surface area contributed by atoms with Gasteiger partial charge in [0.05, 0.1) is 27.9 Å². The summed E-state index contributed by atoms with van der Waals surface area (Å²) in [5.41, 5.74) is 0.188. The van der Waals surface area contributed by atoms with E-state index in [0.717, 1.165) is 0 Å². The lowest BCUT2D eigenvalue weighted by Crippen LogP contribution is -2.31. The van der Waals surface area contributed by atoms with Crippen molar-refractivity contribution in [3.8, 4) is 17.2 Å². The highest BCUT2D eigenvalue weighted by Crippen LogP contribution is 2.38. The van der Waals surface area contributed by atoms with Gasteiger partial charge in [0.15, 0.2) is 11.5 Å². The van der Waals surface area contributed by atoms with Crippen LogP contribution in [0.1, 0.15) is 17.3 Å². The highest BCUT2D eigenvalue weighted by molar-refractivity contribution is 6.03. The zero-order chi connectivity index (χ0) is 15.1. The number of carbonyl (C=O) groups is 2. The van der Waals surface area contributed by atoms with E-state index in [1.165, 1.54) is 33.5 Å². The van der Waals surface area contributed by atoms with E-state index >= 15 is 0 Å². The summed E-state index contributed by atoms with van der Waals surface area (Å²) >= 11 is 0. The molecular weight excluding hydrogens is 266 g/mol. The average molecular weight is 283 g/mol. The Morgan fingerprint density at radius 3 is 2.00 bits per heavy atom. The fourth-order valence-corrected chi connectivity index (χ4v) is 1.54. The molecule has 1 N–H and O–H groups in total. The van der Waals surface area contributed by atoms with Crippen molar-refractivity contribution in [1.82, 2.24) is 5.32 Å². The second kappa shape index (κ2) is 7.22. The molecule has 0 bridgehead atoms. The molecule has 0 atom stereocenters. The molecule has 0 unspecified atom stereocenters. The number of amides is 2. The summed E-state index contributed by atoms with van der Waals surface area (Å²) in [4.78, 5) is 23.1. The fourth-order valence-electron chi connectivity index (χ4n) is 1.54. The molecule has 7 nitrogen and oxygen atoms in total. The normalized spacial score (nSPS) is 9.60. The maximum absolute atomic E-state index is 11.9. The smallest absolute Gasteiger partial charge is 0.414 e. The first-order valence-corrected chi connectivity index (χ1v) is 5.85. The van der Waals surface area contributed by atoms with Crippen LogP contribution in [0, 0.1) is 0 Å². The van der Waals surface area contributed by atoms with Crippen molar-refractivity contribution in [1.29, 1.82) is 0 Å². The Kier molecular flexibility index (Phi) is 5.64. The maximum atomic E-state index is 11.9. The van der Waals surface area contributed by atoms with Gasteiger partial charge < -0.3 is 18.9 Å². The summed E-state index contributed by atoms with van der Waals surface area (Å²) in [7, 11) is 4.33. The molecule has 0 heterocycles. The molecule has 110 valence electrons. The molecule has 1 aromatic rings. The van der Waals surface area contributed by atoms with Gasteiger partial charge in [0.2, 0.25) is 5.75 Å². The van der Waals surface area contributed by atoms with Gasteiger partial charge in [0.1, 0.15) is 0 Å². The lowest BCUT2D eigenvalue weighted by Gasteiger charge is -2.13. The molecule has 0 aliphatic heterocycles. The molecule has 0 aliphatic carbocycles. The van der Waals surface area contributed by atoms with E-state index in [2.05, 4.69) is 10.1 Å². The number of carbonyl (C=O) groups excluding carboxylic acids is 2. The van der Waals surface area contributed by atoms with Gasteiger partial charge in [-0.05, 0) is 19.1 Å². The topological polar surface area (TPSA) is 83.1 Å². The monoisotopic (exact) mass is 283 g/mol. The van der Waals surface area contributed by atoms with Crippen LogP contribution >= 0.6 is 0 Å². The molecule has 0 fully saturated rings. The highest BCUT2D eigenvalue weighted by Gasteiger charge is 2.18. The molecule has 0 saturated heterocycles. The van der Waals surface area contributed by atoms with Crippen LogP contribution in [0.25, 0.3) is 0 Å². The third-order valence-electron chi connectivity index (χ3n) is 2.42. The first-order valence-electron chi connectivity index (χ1n) is 5.85. The van der Waals surface area contributed by atoms with E-state index in [4.69, 9.17) is 14.2 Å². The number of methoxy groups -OCH3 is 3. The Balaban J connectivity index is 3.06. The van der Waals surface area contributed by atoms with E-state index in [9.17, 15) is 9.59 Å². The lowest BCUT2D eigenvalue weighted by atomic mass is 10.1. The first kappa shape index (κ1) is 15.6. The summed E-state index contributed by atoms with van der Waals surface area (Å²) < 4.78 is 20.0. The van der Waals surface area contributed by atoms with Crippen molar-refractivity contribution >= 4 is 12.0 Å². The Labute approximate surface area is 116 Å². The van der Waals surface area contributed by atoms with Crippen LogP contribution in [-0.4, -0.2) is 39.9 Å². The average Bonchev–Trinajstić information content (AvgIpc) is 2.45. The van der Waals surface area contributed by atoms with Gasteiger partial charge >= 0.3 is 6.09 Å². The Morgan fingerprint density at radius 2 is 1.60 bits per heavy atom. The van der Waals surface area contributed by atoms with Crippen LogP contribution in [0.15, 0.2) is 12.1 Å². The highest BCUT2D eigenvalue weighted by atomic mass is 16.5. The van der Waals surface area contributed by atoms with Gasteiger partial charge in [-0.1, -0.05) is 0 Å². The number of hydrogen-bond acceptors (Lipinski definition) is 6. The molecule has 0 aliphatic rings. The summed E-state index contributed by atoms with van der Waals surface area (Å²) in [6.45, 7) is 1.82. The van der Waals surface area contributed by atoms with Crippen molar-refractivity contribution in [2.24, 2.45) is 0 Å². The van der Waals surface area contributed by atoms with Crippen LogP contribution in [-0.2, 0) is 4.74 Å². The first-order chi connectivity index (χ1) is 9.57. The summed E-state index contributed by atoms with van der Waals surface area (Å²) in [6, 6.07) is 2.88. The van der Waals surface area contributed by atoms with Gasteiger partial charge in [-0.2, -0.15) is 0 Å². The van der Waals surface area contributed by atoms with Crippen molar-refractivity contribution in [2.75, 3.05) is 27.9 Å². The predicted molar refractivity (Wildman–Crippen MR) is 70.6 cm³/mol. The molecule has 0 aromatic heterocycles. The second-order valence-electron chi connectivity index (χ2n) is 3.59. The Hall–Kier alpha value is -2.44. The SMILES string of the molecule is CCOC(=O)NC(=O)c1cc(OC)c(OC)c(OC)c1. The maximum Gasteiger partial charge on any atom is 0.414 e. The van der Waals surface area contributed by atoms with Crippen LogP contribution in [0.2, 0.25) is 0 Å². The molecule has 0 radical (unpaired) electrons. The number of ether oxygens (including phenoxy) is 4. The van der Waals surface area contributed by atoms with Gasteiger partial charge in [0, 0.05) is 5.56 Å². The molecule has 0 spiro atoms.